The largest absolute Gasteiger partial charge is 0.481 e. The van der Waals surface area contributed by atoms with Gasteiger partial charge in [-0.05, 0) is 5.92 Å². The summed E-state index contributed by atoms with van der Waals surface area (Å²) in [6.07, 6.45) is 0. The van der Waals surface area contributed by atoms with Crippen molar-refractivity contribution in [1.82, 2.24) is 0 Å². The standard InChI is InChI=1S/C6H14N2O/c1-4(2)5(7)6(8)9-3/h4H,7-8H2,1-3H3. The first-order valence-electron chi connectivity index (χ1n) is 2.88. The quantitative estimate of drug-likeness (QED) is 0.531. The summed E-state index contributed by atoms with van der Waals surface area (Å²) in [4.78, 5) is 0. The molecule has 0 aromatic heterocycles. The lowest BCUT2D eigenvalue weighted by atomic mass is 10.1. The maximum atomic E-state index is 5.50. The van der Waals surface area contributed by atoms with Gasteiger partial charge in [0.15, 0.2) is 0 Å². The van der Waals surface area contributed by atoms with Crippen LogP contribution in [0.1, 0.15) is 13.8 Å². The van der Waals surface area contributed by atoms with Gasteiger partial charge in [0.1, 0.15) is 0 Å². The van der Waals surface area contributed by atoms with Gasteiger partial charge in [-0.2, -0.15) is 0 Å². The Morgan fingerprint density at radius 2 is 1.78 bits per heavy atom. The van der Waals surface area contributed by atoms with Crippen LogP contribution in [0.15, 0.2) is 11.6 Å². The number of ether oxygens (including phenoxy) is 1. The number of hydrogen-bond acceptors (Lipinski definition) is 3. The van der Waals surface area contributed by atoms with Crippen molar-refractivity contribution in [3.05, 3.63) is 11.6 Å². The van der Waals surface area contributed by atoms with Crippen LogP contribution in [-0.2, 0) is 4.74 Å². The van der Waals surface area contributed by atoms with E-state index >= 15 is 0 Å². The summed E-state index contributed by atoms with van der Waals surface area (Å²) < 4.78 is 4.71. The molecule has 0 unspecified atom stereocenters. The molecule has 0 amide bonds. The molecule has 0 fully saturated rings. The Morgan fingerprint density at radius 3 is 1.89 bits per heavy atom. The van der Waals surface area contributed by atoms with E-state index in [-0.39, 0.29) is 5.92 Å². The van der Waals surface area contributed by atoms with Gasteiger partial charge in [0.25, 0.3) is 0 Å². The van der Waals surface area contributed by atoms with Crippen molar-refractivity contribution >= 4 is 0 Å². The minimum atomic E-state index is 0.255. The van der Waals surface area contributed by atoms with Crippen LogP contribution >= 0.6 is 0 Å². The molecule has 3 nitrogen and oxygen atoms in total. The first kappa shape index (κ1) is 8.14. The summed E-state index contributed by atoms with van der Waals surface area (Å²) in [5.74, 6) is 0.579. The normalized spacial score (nSPS) is 13.3. The Labute approximate surface area is 55.7 Å². The van der Waals surface area contributed by atoms with Crippen LogP contribution < -0.4 is 11.5 Å². The third kappa shape index (κ3) is 2.26. The predicted molar refractivity (Wildman–Crippen MR) is 37.2 cm³/mol. The zero-order valence-electron chi connectivity index (χ0n) is 6.14. The van der Waals surface area contributed by atoms with Gasteiger partial charge in [0.2, 0.25) is 5.88 Å². The molecule has 0 aliphatic carbocycles. The fourth-order valence-corrected chi connectivity index (χ4v) is 0.402. The van der Waals surface area contributed by atoms with E-state index < -0.39 is 0 Å². The molecule has 0 radical (unpaired) electrons. The molecular weight excluding hydrogens is 116 g/mol. The second-order valence-electron chi connectivity index (χ2n) is 2.18. The summed E-state index contributed by atoms with van der Waals surface area (Å²) in [7, 11) is 1.50. The van der Waals surface area contributed by atoms with Crippen molar-refractivity contribution in [1.29, 1.82) is 0 Å². The highest BCUT2D eigenvalue weighted by atomic mass is 16.5. The molecule has 0 bridgehead atoms. The number of rotatable bonds is 2. The third-order valence-corrected chi connectivity index (χ3v) is 1.13. The highest BCUT2D eigenvalue weighted by Gasteiger charge is 2.01. The fourth-order valence-electron chi connectivity index (χ4n) is 0.402. The highest BCUT2D eigenvalue weighted by Crippen LogP contribution is 2.04. The highest BCUT2D eigenvalue weighted by molar-refractivity contribution is 5.02. The van der Waals surface area contributed by atoms with Crippen molar-refractivity contribution in [2.45, 2.75) is 13.8 Å². The summed E-state index contributed by atoms with van der Waals surface area (Å²) in [6.45, 7) is 3.92. The maximum Gasteiger partial charge on any atom is 0.203 e. The average molecular weight is 130 g/mol. The lowest BCUT2D eigenvalue weighted by Gasteiger charge is -2.07. The molecule has 0 aromatic rings. The van der Waals surface area contributed by atoms with E-state index in [1.165, 1.54) is 7.11 Å². The minimum Gasteiger partial charge on any atom is -0.481 e. The lowest BCUT2D eigenvalue weighted by molar-refractivity contribution is 0.278. The van der Waals surface area contributed by atoms with E-state index in [2.05, 4.69) is 0 Å². The van der Waals surface area contributed by atoms with Crippen molar-refractivity contribution < 1.29 is 4.74 Å². The molecular formula is C6H14N2O. The molecule has 0 aromatic carbocycles. The monoisotopic (exact) mass is 130 g/mol. The Balaban J connectivity index is 4.10. The summed E-state index contributed by atoms with van der Waals surface area (Å²) in [5.41, 5.74) is 11.5. The van der Waals surface area contributed by atoms with Crippen LogP contribution in [0.4, 0.5) is 0 Å². The van der Waals surface area contributed by atoms with Crippen LogP contribution in [0.25, 0.3) is 0 Å². The summed E-state index contributed by atoms with van der Waals surface area (Å²) in [6, 6.07) is 0. The van der Waals surface area contributed by atoms with Crippen LogP contribution in [0.2, 0.25) is 0 Å². The Bertz CT molecular complexity index is 118. The van der Waals surface area contributed by atoms with Crippen molar-refractivity contribution in [3.63, 3.8) is 0 Å². The van der Waals surface area contributed by atoms with E-state index in [4.69, 9.17) is 16.2 Å². The number of methoxy groups -OCH3 is 1. The van der Waals surface area contributed by atoms with Gasteiger partial charge >= 0.3 is 0 Å². The number of nitrogens with two attached hydrogens (primary N) is 2. The topological polar surface area (TPSA) is 61.3 Å². The van der Waals surface area contributed by atoms with Crippen LogP contribution in [0.5, 0.6) is 0 Å². The van der Waals surface area contributed by atoms with Gasteiger partial charge in [0, 0.05) is 0 Å². The SMILES string of the molecule is COC(N)=C(N)C(C)C. The molecule has 0 aliphatic heterocycles. The molecule has 0 rings (SSSR count). The lowest BCUT2D eigenvalue weighted by Crippen LogP contribution is -2.15. The molecule has 0 saturated carbocycles. The molecule has 3 heteroatoms. The minimum absolute atomic E-state index is 0.255. The molecule has 0 heterocycles. The summed E-state index contributed by atoms with van der Waals surface area (Å²) >= 11 is 0. The zero-order valence-corrected chi connectivity index (χ0v) is 6.14. The third-order valence-electron chi connectivity index (χ3n) is 1.13. The molecule has 4 N–H and O–H groups in total. The predicted octanol–water partition coefficient (Wildman–Crippen LogP) is 0.375. The first-order valence-corrected chi connectivity index (χ1v) is 2.88. The molecule has 54 valence electrons. The summed E-state index contributed by atoms with van der Waals surface area (Å²) in [5, 5.41) is 0. The van der Waals surface area contributed by atoms with Gasteiger partial charge in [-0.1, -0.05) is 13.8 Å². The fraction of sp³-hybridized carbons (Fsp3) is 0.667. The van der Waals surface area contributed by atoms with Gasteiger partial charge in [0.05, 0.1) is 12.8 Å². The van der Waals surface area contributed by atoms with Gasteiger partial charge in [-0.3, -0.25) is 0 Å². The number of allylic oxidation sites excluding steroid dienone is 1. The van der Waals surface area contributed by atoms with Gasteiger partial charge in [-0.25, -0.2) is 0 Å². The smallest absolute Gasteiger partial charge is 0.203 e. The van der Waals surface area contributed by atoms with Crippen LogP contribution in [0.3, 0.4) is 0 Å². The van der Waals surface area contributed by atoms with E-state index in [0.29, 0.717) is 11.6 Å². The van der Waals surface area contributed by atoms with Crippen LogP contribution in [-0.4, -0.2) is 7.11 Å². The van der Waals surface area contributed by atoms with Gasteiger partial charge < -0.3 is 16.2 Å². The van der Waals surface area contributed by atoms with Gasteiger partial charge in [-0.15, -0.1) is 0 Å². The molecule has 0 saturated heterocycles. The number of hydrogen-bond donors (Lipinski definition) is 2. The Hall–Kier alpha value is -0.860. The van der Waals surface area contributed by atoms with Crippen molar-refractivity contribution in [2.75, 3.05) is 7.11 Å². The second-order valence-corrected chi connectivity index (χ2v) is 2.18. The first-order chi connectivity index (χ1) is 4.09. The van der Waals surface area contributed by atoms with Crippen molar-refractivity contribution in [3.8, 4) is 0 Å². The molecule has 0 atom stereocenters. The molecule has 0 aliphatic rings. The van der Waals surface area contributed by atoms with E-state index in [1.54, 1.807) is 0 Å². The Morgan fingerprint density at radius 1 is 1.33 bits per heavy atom. The average Bonchev–Trinajstić information content (AvgIpc) is 1.84. The second kappa shape index (κ2) is 3.22. The van der Waals surface area contributed by atoms with E-state index in [1.807, 2.05) is 13.8 Å². The van der Waals surface area contributed by atoms with E-state index in [0.717, 1.165) is 0 Å². The molecule has 9 heavy (non-hydrogen) atoms. The zero-order chi connectivity index (χ0) is 7.44. The van der Waals surface area contributed by atoms with Crippen LogP contribution in [0, 0.1) is 5.92 Å². The van der Waals surface area contributed by atoms with E-state index in [9.17, 15) is 0 Å². The maximum absolute atomic E-state index is 5.50. The Kier molecular flexibility index (Phi) is 2.91. The van der Waals surface area contributed by atoms with Crippen molar-refractivity contribution in [2.24, 2.45) is 17.4 Å². The molecule has 0 spiro atoms.